The van der Waals surface area contributed by atoms with E-state index in [9.17, 15) is 4.79 Å². The van der Waals surface area contributed by atoms with E-state index in [2.05, 4.69) is 15.2 Å². The van der Waals surface area contributed by atoms with Gasteiger partial charge in [-0.2, -0.15) is 9.97 Å². The van der Waals surface area contributed by atoms with E-state index in [1.807, 2.05) is 11.2 Å². The normalized spacial score (nSPS) is 22.9. The van der Waals surface area contributed by atoms with Crippen molar-refractivity contribution in [2.75, 3.05) is 23.7 Å². The second-order valence-corrected chi connectivity index (χ2v) is 12.1. The molecule has 1 amide bonds. The molecule has 0 radical (unpaired) electrons. The lowest BCUT2D eigenvalue weighted by atomic mass is 9.92. The first kappa shape index (κ1) is 26.6. The average molecular weight is 572 g/mol. The van der Waals surface area contributed by atoms with Crippen LogP contribution in [-0.2, 0) is 0 Å². The summed E-state index contributed by atoms with van der Waals surface area (Å²) >= 11 is 12.2. The minimum atomic E-state index is -0.0227. The summed E-state index contributed by atoms with van der Waals surface area (Å²) in [6.45, 7) is 1.30. The summed E-state index contributed by atoms with van der Waals surface area (Å²) in [5.41, 5.74) is 8.39. The highest BCUT2D eigenvalue weighted by molar-refractivity contribution is 6.42. The van der Waals surface area contributed by atoms with Crippen LogP contribution in [0.1, 0.15) is 80.6 Å². The average Bonchev–Trinajstić information content (AvgIpc) is 3.62. The van der Waals surface area contributed by atoms with Crippen LogP contribution in [0.2, 0.25) is 10.0 Å². The van der Waals surface area contributed by atoms with Gasteiger partial charge in [0.25, 0.3) is 5.91 Å². The van der Waals surface area contributed by atoms with Gasteiger partial charge in [0, 0.05) is 42.8 Å². The number of nitrogens with zero attached hydrogens (tertiary/aromatic N) is 5. The Morgan fingerprint density at radius 3 is 2.33 bits per heavy atom. The molecule has 3 heterocycles. The van der Waals surface area contributed by atoms with Crippen LogP contribution in [0.3, 0.4) is 0 Å². The molecule has 39 heavy (non-hydrogen) atoms. The minimum absolute atomic E-state index is 0.0227. The molecule has 6 rings (SSSR count). The van der Waals surface area contributed by atoms with Gasteiger partial charge in [-0.3, -0.25) is 4.79 Å². The van der Waals surface area contributed by atoms with Crippen LogP contribution in [0.15, 0.2) is 24.5 Å². The van der Waals surface area contributed by atoms with E-state index in [1.54, 1.807) is 18.2 Å². The SMILES string of the molecule is NC1CCC(Nc2nc(NC3CCN(C(=O)c4ccc(Cl)c(Cl)c4)CC3)c3ncn(C4CCCC4)c3n2)CC1. The maximum absolute atomic E-state index is 13.0. The van der Waals surface area contributed by atoms with Gasteiger partial charge in [0.2, 0.25) is 5.95 Å². The number of fused-ring (bicyclic) bond motifs is 1. The number of nitrogens with two attached hydrogens (primary N) is 1. The zero-order chi connectivity index (χ0) is 26.9. The molecule has 3 fully saturated rings. The maximum atomic E-state index is 13.0. The van der Waals surface area contributed by atoms with E-state index >= 15 is 0 Å². The number of piperidine rings is 1. The number of imidazole rings is 1. The number of nitrogens with one attached hydrogen (secondary N) is 2. The van der Waals surface area contributed by atoms with Crippen LogP contribution in [0.25, 0.3) is 11.2 Å². The molecule has 3 aromatic rings. The third kappa shape index (κ3) is 5.81. The Balaban J connectivity index is 1.19. The fraction of sp³-hybridized carbons (Fsp3) is 0.571. The highest BCUT2D eigenvalue weighted by Crippen LogP contribution is 2.34. The molecule has 9 nitrogen and oxygen atoms in total. The molecule has 2 aliphatic carbocycles. The molecule has 0 bridgehead atoms. The second kappa shape index (κ2) is 11.5. The van der Waals surface area contributed by atoms with Gasteiger partial charge in [-0.25, -0.2) is 4.98 Å². The van der Waals surface area contributed by atoms with Crippen molar-refractivity contribution in [3.05, 3.63) is 40.1 Å². The first-order valence-electron chi connectivity index (χ1n) is 14.2. The molecule has 2 aromatic heterocycles. The summed E-state index contributed by atoms with van der Waals surface area (Å²) in [6.07, 6.45) is 12.4. The van der Waals surface area contributed by atoms with Gasteiger partial charge in [-0.05, 0) is 69.6 Å². The quantitative estimate of drug-likeness (QED) is 0.351. The number of benzene rings is 1. The largest absolute Gasteiger partial charge is 0.365 e. The number of hydrogen-bond acceptors (Lipinski definition) is 7. The third-order valence-corrected chi connectivity index (χ3v) is 9.27. The van der Waals surface area contributed by atoms with Crippen molar-refractivity contribution >= 4 is 52.0 Å². The lowest BCUT2D eigenvalue weighted by Crippen LogP contribution is -2.42. The van der Waals surface area contributed by atoms with E-state index in [4.69, 9.17) is 43.9 Å². The van der Waals surface area contributed by atoms with Crippen molar-refractivity contribution < 1.29 is 4.79 Å². The zero-order valence-corrected chi connectivity index (χ0v) is 23.6. The number of hydrogen-bond donors (Lipinski definition) is 3. The number of amides is 1. The standard InChI is InChI=1S/C28H36Cl2N8O/c29-22-10-5-17(15-23(22)30)27(39)37-13-11-20(12-14-37)33-25-24-26(38(16-32-24)21-3-1-2-4-21)36-28(35-25)34-19-8-6-18(31)7-9-19/h5,10,15-16,18-21H,1-4,6-9,11-14,31H2,(H2,33,34,35,36). The highest BCUT2D eigenvalue weighted by atomic mass is 35.5. The second-order valence-electron chi connectivity index (χ2n) is 11.3. The number of likely N-dealkylation sites (tertiary alicyclic amines) is 1. The van der Waals surface area contributed by atoms with Crippen molar-refractivity contribution in [1.82, 2.24) is 24.4 Å². The van der Waals surface area contributed by atoms with Crippen LogP contribution in [0, 0.1) is 0 Å². The highest BCUT2D eigenvalue weighted by Gasteiger charge is 2.27. The van der Waals surface area contributed by atoms with Crippen molar-refractivity contribution in [2.45, 2.75) is 88.4 Å². The van der Waals surface area contributed by atoms with Crippen molar-refractivity contribution in [2.24, 2.45) is 5.73 Å². The minimum Gasteiger partial charge on any atom is -0.365 e. The summed E-state index contributed by atoms with van der Waals surface area (Å²) in [7, 11) is 0. The summed E-state index contributed by atoms with van der Waals surface area (Å²) in [5, 5.41) is 8.10. The topological polar surface area (TPSA) is 114 Å². The molecule has 208 valence electrons. The molecule has 2 saturated carbocycles. The molecule has 0 spiro atoms. The van der Waals surface area contributed by atoms with Crippen LogP contribution in [-0.4, -0.2) is 61.5 Å². The fourth-order valence-electron chi connectivity index (χ4n) is 6.21. The van der Waals surface area contributed by atoms with E-state index in [-0.39, 0.29) is 11.9 Å². The monoisotopic (exact) mass is 570 g/mol. The lowest BCUT2D eigenvalue weighted by Gasteiger charge is -2.33. The van der Waals surface area contributed by atoms with Crippen molar-refractivity contribution in [1.29, 1.82) is 0 Å². The van der Waals surface area contributed by atoms with E-state index in [1.165, 1.54) is 12.8 Å². The van der Waals surface area contributed by atoms with Crippen LogP contribution >= 0.6 is 23.2 Å². The Hall–Kier alpha value is -2.62. The molecule has 11 heteroatoms. The van der Waals surface area contributed by atoms with E-state index in [0.29, 0.717) is 52.8 Å². The number of carbonyl (C=O) groups excluding carboxylic acids is 1. The summed E-state index contributed by atoms with van der Waals surface area (Å²) < 4.78 is 2.25. The predicted octanol–water partition coefficient (Wildman–Crippen LogP) is 5.65. The molecular weight excluding hydrogens is 535 g/mol. The van der Waals surface area contributed by atoms with Crippen molar-refractivity contribution in [3.63, 3.8) is 0 Å². The van der Waals surface area contributed by atoms with Gasteiger partial charge in [0.15, 0.2) is 17.0 Å². The Kier molecular flexibility index (Phi) is 7.82. The molecule has 3 aliphatic rings. The third-order valence-electron chi connectivity index (χ3n) is 8.53. The maximum Gasteiger partial charge on any atom is 0.253 e. The molecule has 1 aromatic carbocycles. The Labute approximate surface area is 238 Å². The fourth-order valence-corrected chi connectivity index (χ4v) is 6.51. The van der Waals surface area contributed by atoms with E-state index < -0.39 is 0 Å². The molecule has 1 saturated heterocycles. The number of rotatable bonds is 6. The summed E-state index contributed by atoms with van der Waals surface area (Å²) in [6, 6.07) is 6.28. The number of halogens is 2. The smallest absolute Gasteiger partial charge is 0.253 e. The van der Waals surface area contributed by atoms with Gasteiger partial charge in [0.05, 0.1) is 16.4 Å². The van der Waals surface area contributed by atoms with Gasteiger partial charge in [-0.15, -0.1) is 0 Å². The summed E-state index contributed by atoms with van der Waals surface area (Å²) in [5.74, 6) is 1.39. The van der Waals surface area contributed by atoms with Gasteiger partial charge >= 0.3 is 0 Å². The van der Waals surface area contributed by atoms with Gasteiger partial charge in [-0.1, -0.05) is 36.0 Å². The zero-order valence-electron chi connectivity index (χ0n) is 22.1. The molecule has 4 N–H and O–H groups in total. The van der Waals surface area contributed by atoms with Gasteiger partial charge in [0.1, 0.15) is 0 Å². The van der Waals surface area contributed by atoms with Crippen molar-refractivity contribution in [3.8, 4) is 0 Å². The number of carbonyl (C=O) groups is 1. The Bertz CT molecular complexity index is 1320. The first-order valence-corrected chi connectivity index (χ1v) is 15.0. The molecule has 1 aliphatic heterocycles. The molecule has 0 atom stereocenters. The summed E-state index contributed by atoms with van der Waals surface area (Å²) in [4.78, 5) is 29.6. The lowest BCUT2D eigenvalue weighted by molar-refractivity contribution is 0.0718. The molecular formula is C28H36Cl2N8O. The van der Waals surface area contributed by atoms with Gasteiger partial charge < -0.3 is 25.8 Å². The van der Waals surface area contributed by atoms with E-state index in [0.717, 1.165) is 68.3 Å². The Morgan fingerprint density at radius 2 is 1.62 bits per heavy atom. The van der Waals surface area contributed by atoms with Crippen LogP contribution in [0.5, 0.6) is 0 Å². The number of anilines is 2. The Morgan fingerprint density at radius 1 is 0.897 bits per heavy atom. The predicted molar refractivity (Wildman–Crippen MR) is 156 cm³/mol. The van der Waals surface area contributed by atoms with Crippen LogP contribution in [0.4, 0.5) is 11.8 Å². The number of aromatic nitrogens is 4. The first-order chi connectivity index (χ1) is 18.9. The molecule has 0 unspecified atom stereocenters. The van der Waals surface area contributed by atoms with Crippen LogP contribution < -0.4 is 16.4 Å².